The Morgan fingerprint density at radius 3 is 2.53 bits per heavy atom. The number of aromatic nitrogens is 3. The van der Waals surface area contributed by atoms with Gasteiger partial charge in [0, 0.05) is 36.2 Å². The highest BCUT2D eigenvalue weighted by atomic mass is 16.5. The molecule has 2 aromatic carbocycles. The summed E-state index contributed by atoms with van der Waals surface area (Å²) in [6.07, 6.45) is 4.28. The van der Waals surface area contributed by atoms with Crippen LogP contribution < -0.4 is 15.0 Å². The van der Waals surface area contributed by atoms with Gasteiger partial charge in [0.2, 0.25) is 0 Å². The Bertz CT molecular complexity index is 1420. The van der Waals surface area contributed by atoms with Gasteiger partial charge >= 0.3 is 6.09 Å². The predicted molar refractivity (Wildman–Crippen MR) is 125 cm³/mol. The fourth-order valence-electron chi connectivity index (χ4n) is 3.38. The number of carbonyl (C=O) groups excluding carboxylic acids is 2. The highest BCUT2D eigenvalue weighted by Gasteiger charge is 2.18. The van der Waals surface area contributed by atoms with Gasteiger partial charge in [0.05, 0.1) is 37.9 Å². The van der Waals surface area contributed by atoms with Crippen molar-refractivity contribution in [3.8, 4) is 23.1 Å². The lowest BCUT2D eigenvalue weighted by Gasteiger charge is -2.18. The number of hydrogen-bond donors (Lipinski definition) is 1. The number of nitrogens with one attached hydrogen (secondary N) is 1. The minimum atomic E-state index is -0.555. The molecule has 4 rings (SSSR count). The molecule has 0 atom stereocenters. The molecule has 0 aliphatic carbocycles. The second-order valence-electron chi connectivity index (χ2n) is 7.20. The highest BCUT2D eigenvalue weighted by Crippen LogP contribution is 2.26. The molecule has 1 N–H and O–H groups in total. The second-order valence-corrected chi connectivity index (χ2v) is 7.20. The SMILES string of the molecule is COC(=O)Nc1ccc(-c2cnc3cnc(C(=O)N(C)c4ccc(C#N)c(OC)c4)cn23)cc1. The third-order valence-corrected chi connectivity index (χ3v) is 5.23. The number of rotatable bonds is 5. The molecule has 0 radical (unpaired) electrons. The van der Waals surface area contributed by atoms with Crippen LogP contribution in [0.5, 0.6) is 5.75 Å². The standard InChI is InChI=1S/C24H20N6O4/c1-29(18-9-6-16(11-25)21(10-18)33-2)23(31)19-14-30-20(12-27-22(30)13-26-19)15-4-7-17(8-5-15)28-24(32)34-3/h4-10,12-14H,1-3H3,(H,28,32). The first-order chi connectivity index (χ1) is 16.4. The largest absolute Gasteiger partial charge is 0.495 e. The number of hydrogen-bond acceptors (Lipinski definition) is 7. The fourth-order valence-corrected chi connectivity index (χ4v) is 3.38. The first-order valence-corrected chi connectivity index (χ1v) is 10.1. The van der Waals surface area contributed by atoms with Gasteiger partial charge in [-0.15, -0.1) is 0 Å². The zero-order chi connectivity index (χ0) is 24.2. The summed E-state index contributed by atoms with van der Waals surface area (Å²) in [5.74, 6) is 0.0380. The number of ether oxygens (including phenoxy) is 2. The Morgan fingerprint density at radius 1 is 1.09 bits per heavy atom. The highest BCUT2D eigenvalue weighted by molar-refractivity contribution is 6.04. The molecule has 0 bridgehead atoms. The molecular formula is C24H20N6O4. The molecular weight excluding hydrogens is 436 g/mol. The summed E-state index contributed by atoms with van der Waals surface area (Å²) >= 11 is 0. The molecule has 0 fully saturated rings. The van der Waals surface area contributed by atoms with Gasteiger partial charge in [0.25, 0.3) is 5.91 Å². The van der Waals surface area contributed by atoms with Crippen molar-refractivity contribution in [2.24, 2.45) is 0 Å². The van der Waals surface area contributed by atoms with Gasteiger partial charge in [-0.1, -0.05) is 12.1 Å². The molecule has 34 heavy (non-hydrogen) atoms. The van der Waals surface area contributed by atoms with Crippen molar-refractivity contribution in [3.05, 3.63) is 72.3 Å². The number of carbonyl (C=O) groups is 2. The average Bonchev–Trinajstić information content (AvgIpc) is 3.31. The lowest BCUT2D eigenvalue weighted by atomic mass is 10.1. The van der Waals surface area contributed by atoms with E-state index in [-0.39, 0.29) is 11.6 Å². The fraction of sp³-hybridized carbons (Fsp3) is 0.125. The predicted octanol–water partition coefficient (Wildman–Crippen LogP) is 3.73. The van der Waals surface area contributed by atoms with Gasteiger partial charge in [-0.25, -0.2) is 14.8 Å². The Morgan fingerprint density at radius 2 is 1.85 bits per heavy atom. The van der Waals surface area contributed by atoms with Crippen LogP contribution in [0.2, 0.25) is 0 Å². The van der Waals surface area contributed by atoms with E-state index in [1.807, 2.05) is 12.1 Å². The van der Waals surface area contributed by atoms with Crippen LogP contribution >= 0.6 is 0 Å². The van der Waals surface area contributed by atoms with E-state index in [9.17, 15) is 14.9 Å². The maximum absolute atomic E-state index is 13.2. The molecule has 0 aliphatic rings. The molecule has 0 unspecified atom stereocenters. The number of nitriles is 1. The number of nitrogens with zero attached hydrogens (tertiary/aromatic N) is 5. The third-order valence-electron chi connectivity index (χ3n) is 5.23. The average molecular weight is 456 g/mol. The summed E-state index contributed by atoms with van der Waals surface area (Å²) in [5.41, 5.74) is 3.88. The molecule has 2 aromatic heterocycles. The molecule has 10 heteroatoms. The number of imidazole rings is 1. The smallest absolute Gasteiger partial charge is 0.411 e. The van der Waals surface area contributed by atoms with Crippen molar-refractivity contribution < 1.29 is 19.1 Å². The number of methoxy groups -OCH3 is 2. The lowest BCUT2D eigenvalue weighted by molar-refractivity contribution is 0.0987. The molecule has 4 aromatic rings. The number of benzene rings is 2. The van der Waals surface area contributed by atoms with Crippen molar-refractivity contribution in [2.45, 2.75) is 0 Å². The van der Waals surface area contributed by atoms with Crippen molar-refractivity contribution in [1.82, 2.24) is 14.4 Å². The van der Waals surface area contributed by atoms with Crippen molar-refractivity contribution >= 4 is 29.0 Å². The summed E-state index contributed by atoms with van der Waals surface area (Å²) in [6, 6.07) is 14.1. The minimum Gasteiger partial charge on any atom is -0.495 e. The molecule has 10 nitrogen and oxygen atoms in total. The van der Waals surface area contributed by atoms with E-state index in [1.54, 1.807) is 54.2 Å². The summed E-state index contributed by atoms with van der Waals surface area (Å²) in [7, 11) is 4.39. The zero-order valence-electron chi connectivity index (χ0n) is 18.6. The summed E-state index contributed by atoms with van der Waals surface area (Å²) in [6.45, 7) is 0. The van der Waals surface area contributed by atoms with E-state index in [1.165, 1.54) is 25.3 Å². The van der Waals surface area contributed by atoms with Crippen LogP contribution in [0.25, 0.3) is 16.9 Å². The number of amides is 2. The van der Waals surface area contributed by atoms with E-state index in [4.69, 9.17) is 4.74 Å². The van der Waals surface area contributed by atoms with E-state index in [0.717, 1.165) is 11.3 Å². The van der Waals surface area contributed by atoms with Gasteiger partial charge < -0.3 is 14.4 Å². The van der Waals surface area contributed by atoms with Gasteiger partial charge in [-0.05, 0) is 24.3 Å². The van der Waals surface area contributed by atoms with Crippen LogP contribution in [0.1, 0.15) is 16.1 Å². The second kappa shape index (κ2) is 9.30. The summed E-state index contributed by atoms with van der Waals surface area (Å²) in [5, 5.41) is 11.8. The van der Waals surface area contributed by atoms with Gasteiger partial charge in [-0.2, -0.15) is 5.26 Å². The zero-order valence-corrected chi connectivity index (χ0v) is 18.6. The molecule has 0 aliphatic heterocycles. The van der Waals surface area contributed by atoms with E-state index in [2.05, 4.69) is 26.1 Å². The van der Waals surface area contributed by atoms with Gasteiger partial charge in [-0.3, -0.25) is 14.5 Å². The summed E-state index contributed by atoms with van der Waals surface area (Å²) in [4.78, 5) is 34.6. The molecule has 2 heterocycles. The first kappa shape index (κ1) is 22.3. The van der Waals surface area contributed by atoms with Crippen LogP contribution in [0.4, 0.5) is 16.2 Å². The lowest BCUT2D eigenvalue weighted by Crippen LogP contribution is -2.27. The Hall–Kier alpha value is -4.91. The van der Waals surface area contributed by atoms with Crippen LogP contribution in [0.15, 0.2) is 61.1 Å². The Balaban J connectivity index is 1.64. The maximum atomic E-state index is 13.2. The number of fused-ring (bicyclic) bond motifs is 1. The van der Waals surface area contributed by atoms with Gasteiger partial charge in [0.15, 0.2) is 5.65 Å². The Kier molecular flexibility index (Phi) is 6.09. The minimum absolute atomic E-state index is 0.210. The van der Waals surface area contributed by atoms with Crippen molar-refractivity contribution in [1.29, 1.82) is 5.26 Å². The van der Waals surface area contributed by atoms with Crippen molar-refractivity contribution in [3.63, 3.8) is 0 Å². The number of anilines is 2. The van der Waals surface area contributed by atoms with E-state index < -0.39 is 6.09 Å². The molecule has 0 saturated carbocycles. The Labute approximate surface area is 195 Å². The topological polar surface area (TPSA) is 122 Å². The third kappa shape index (κ3) is 4.22. The van der Waals surface area contributed by atoms with Crippen LogP contribution in [0, 0.1) is 11.3 Å². The summed E-state index contributed by atoms with van der Waals surface area (Å²) < 4.78 is 11.6. The normalized spacial score (nSPS) is 10.4. The van der Waals surface area contributed by atoms with Crippen LogP contribution in [-0.4, -0.2) is 47.6 Å². The molecule has 2 amide bonds. The molecule has 0 spiro atoms. The molecule has 170 valence electrons. The quantitative estimate of drug-likeness (QED) is 0.485. The van der Waals surface area contributed by atoms with Crippen molar-refractivity contribution in [2.75, 3.05) is 31.5 Å². The van der Waals surface area contributed by atoms with E-state index in [0.29, 0.717) is 28.3 Å². The van der Waals surface area contributed by atoms with Gasteiger partial charge in [0.1, 0.15) is 17.5 Å². The monoisotopic (exact) mass is 456 g/mol. The maximum Gasteiger partial charge on any atom is 0.411 e. The first-order valence-electron chi connectivity index (χ1n) is 10.1. The van der Waals surface area contributed by atoms with E-state index >= 15 is 0 Å². The molecule has 0 saturated heterocycles. The van der Waals surface area contributed by atoms with Crippen LogP contribution in [-0.2, 0) is 4.74 Å². The van der Waals surface area contributed by atoms with Crippen LogP contribution in [0.3, 0.4) is 0 Å².